The Morgan fingerprint density at radius 3 is 2.60 bits per heavy atom. The predicted molar refractivity (Wildman–Crippen MR) is 37.8 cm³/mol. The molecule has 0 aromatic carbocycles. The second-order valence-electron chi connectivity index (χ2n) is 3.42. The van der Waals surface area contributed by atoms with E-state index >= 15 is 0 Å². The molecule has 0 bridgehead atoms. The zero-order valence-corrected chi connectivity index (χ0v) is 6.18. The van der Waals surface area contributed by atoms with Gasteiger partial charge in [-0.3, -0.25) is 0 Å². The Morgan fingerprint density at radius 1 is 1.30 bits per heavy atom. The third-order valence-corrected chi connectivity index (χ3v) is 2.82. The van der Waals surface area contributed by atoms with Crippen molar-refractivity contribution in [2.45, 2.75) is 43.8 Å². The molecule has 2 aliphatic rings. The lowest BCUT2D eigenvalue weighted by atomic mass is 9.96. The van der Waals surface area contributed by atoms with E-state index in [2.05, 4.69) is 0 Å². The summed E-state index contributed by atoms with van der Waals surface area (Å²) < 4.78 is 5.56. The van der Waals surface area contributed by atoms with Gasteiger partial charge in [0.05, 0.1) is 11.7 Å². The van der Waals surface area contributed by atoms with Crippen molar-refractivity contribution in [2.75, 3.05) is 6.61 Å². The topological polar surface area (TPSA) is 29.5 Å². The predicted octanol–water partition coefficient (Wildman–Crippen LogP) is 1.08. The van der Waals surface area contributed by atoms with E-state index in [1.807, 2.05) is 0 Å². The average molecular weight is 142 g/mol. The summed E-state index contributed by atoms with van der Waals surface area (Å²) >= 11 is 0. The van der Waals surface area contributed by atoms with E-state index in [4.69, 9.17) is 4.74 Å². The SMILES string of the molecule is O[C@@H]1CCC[C@]12CCCO2. The molecule has 0 unspecified atom stereocenters. The second-order valence-corrected chi connectivity index (χ2v) is 3.42. The van der Waals surface area contributed by atoms with Crippen LogP contribution in [0.15, 0.2) is 0 Å². The van der Waals surface area contributed by atoms with Gasteiger partial charge in [0.25, 0.3) is 0 Å². The van der Waals surface area contributed by atoms with Gasteiger partial charge in [0, 0.05) is 6.61 Å². The van der Waals surface area contributed by atoms with Gasteiger partial charge in [-0.25, -0.2) is 0 Å². The first-order valence-electron chi connectivity index (χ1n) is 4.16. The second kappa shape index (κ2) is 2.21. The van der Waals surface area contributed by atoms with Gasteiger partial charge in [0.2, 0.25) is 0 Å². The number of ether oxygens (including phenoxy) is 1. The Kier molecular flexibility index (Phi) is 1.46. The minimum Gasteiger partial charge on any atom is -0.390 e. The van der Waals surface area contributed by atoms with E-state index in [9.17, 15) is 5.11 Å². The molecule has 0 radical (unpaired) electrons. The van der Waals surface area contributed by atoms with Gasteiger partial charge >= 0.3 is 0 Å². The maximum absolute atomic E-state index is 9.55. The van der Waals surface area contributed by atoms with Crippen molar-refractivity contribution in [3.05, 3.63) is 0 Å². The van der Waals surface area contributed by atoms with Crippen LogP contribution in [0.4, 0.5) is 0 Å². The van der Waals surface area contributed by atoms with Gasteiger partial charge in [0.1, 0.15) is 0 Å². The van der Waals surface area contributed by atoms with E-state index < -0.39 is 0 Å². The first kappa shape index (κ1) is 6.62. The highest BCUT2D eigenvalue weighted by Crippen LogP contribution is 2.40. The largest absolute Gasteiger partial charge is 0.390 e. The number of aliphatic hydroxyl groups is 1. The lowest BCUT2D eigenvalue weighted by molar-refractivity contribution is -0.0701. The van der Waals surface area contributed by atoms with E-state index in [0.29, 0.717) is 0 Å². The maximum Gasteiger partial charge on any atom is 0.0940 e. The summed E-state index contributed by atoms with van der Waals surface area (Å²) in [6, 6.07) is 0. The van der Waals surface area contributed by atoms with Crippen LogP contribution in [0, 0.1) is 0 Å². The molecule has 2 fully saturated rings. The molecule has 58 valence electrons. The Balaban J connectivity index is 2.11. The monoisotopic (exact) mass is 142 g/mol. The van der Waals surface area contributed by atoms with Gasteiger partial charge in [0.15, 0.2) is 0 Å². The van der Waals surface area contributed by atoms with Crippen LogP contribution in [0.25, 0.3) is 0 Å². The number of hydrogen-bond acceptors (Lipinski definition) is 2. The van der Waals surface area contributed by atoms with E-state index in [1.54, 1.807) is 0 Å². The van der Waals surface area contributed by atoms with Crippen molar-refractivity contribution in [3.8, 4) is 0 Å². The van der Waals surface area contributed by atoms with E-state index in [-0.39, 0.29) is 11.7 Å². The molecule has 0 amide bonds. The van der Waals surface area contributed by atoms with Gasteiger partial charge in [-0.1, -0.05) is 0 Å². The molecule has 1 N–H and O–H groups in total. The molecule has 2 atom stereocenters. The summed E-state index contributed by atoms with van der Waals surface area (Å²) in [5, 5.41) is 9.55. The summed E-state index contributed by atoms with van der Waals surface area (Å²) in [6.07, 6.45) is 5.20. The van der Waals surface area contributed by atoms with Crippen LogP contribution in [0.3, 0.4) is 0 Å². The van der Waals surface area contributed by atoms with Gasteiger partial charge in [-0.15, -0.1) is 0 Å². The van der Waals surface area contributed by atoms with Crippen LogP contribution in [0.5, 0.6) is 0 Å². The molecule has 2 heteroatoms. The van der Waals surface area contributed by atoms with Crippen LogP contribution in [0.1, 0.15) is 32.1 Å². The molecule has 1 spiro atoms. The third kappa shape index (κ3) is 0.789. The van der Waals surface area contributed by atoms with Crippen molar-refractivity contribution in [2.24, 2.45) is 0 Å². The van der Waals surface area contributed by atoms with Gasteiger partial charge in [-0.05, 0) is 32.1 Å². The van der Waals surface area contributed by atoms with E-state index in [1.165, 1.54) is 0 Å². The molecule has 1 aliphatic heterocycles. The number of aliphatic hydroxyl groups excluding tert-OH is 1. The quantitative estimate of drug-likeness (QED) is 0.548. The highest BCUT2D eigenvalue weighted by atomic mass is 16.5. The Morgan fingerprint density at radius 2 is 2.10 bits per heavy atom. The molecule has 1 heterocycles. The average Bonchev–Trinajstić information content (AvgIpc) is 2.48. The first-order valence-corrected chi connectivity index (χ1v) is 4.16. The summed E-state index contributed by atoms with van der Waals surface area (Å²) in [4.78, 5) is 0. The Hall–Kier alpha value is -0.0800. The fourth-order valence-electron chi connectivity index (χ4n) is 2.20. The first-order chi connectivity index (χ1) is 4.83. The standard InChI is InChI=1S/C8H14O2/c9-7-3-1-4-8(7)5-2-6-10-8/h7,9H,1-6H2/t7-,8+/m1/s1. The molecule has 2 nitrogen and oxygen atoms in total. The highest BCUT2D eigenvalue weighted by molar-refractivity contribution is 4.96. The molecule has 0 aromatic heterocycles. The Labute approximate surface area is 61.2 Å². The summed E-state index contributed by atoms with van der Waals surface area (Å²) in [6.45, 7) is 0.858. The Bertz CT molecular complexity index is 122. The van der Waals surface area contributed by atoms with Gasteiger partial charge in [-0.2, -0.15) is 0 Å². The zero-order valence-electron chi connectivity index (χ0n) is 6.18. The fourth-order valence-corrected chi connectivity index (χ4v) is 2.20. The van der Waals surface area contributed by atoms with Crippen molar-refractivity contribution < 1.29 is 9.84 Å². The lowest BCUT2D eigenvalue weighted by Gasteiger charge is -2.26. The van der Waals surface area contributed by atoms with Crippen LogP contribution in [0.2, 0.25) is 0 Å². The molecule has 1 saturated heterocycles. The van der Waals surface area contributed by atoms with Crippen LogP contribution in [-0.4, -0.2) is 23.4 Å². The highest BCUT2D eigenvalue weighted by Gasteiger charge is 2.45. The van der Waals surface area contributed by atoms with Crippen molar-refractivity contribution in [3.63, 3.8) is 0 Å². The van der Waals surface area contributed by atoms with Crippen molar-refractivity contribution >= 4 is 0 Å². The summed E-state index contributed by atoms with van der Waals surface area (Å²) in [5.74, 6) is 0. The maximum atomic E-state index is 9.55. The molecule has 2 rings (SSSR count). The summed E-state index contributed by atoms with van der Waals surface area (Å²) in [7, 11) is 0. The molecule has 10 heavy (non-hydrogen) atoms. The van der Waals surface area contributed by atoms with Crippen LogP contribution in [-0.2, 0) is 4.74 Å². The number of rotatable bonds is 0. The minimum atomic E-state index is -0.171. The molecular weight excluding hydrogens is 128 g/mol. The molecule has 0 aromatic rings. The van der Waals surface area contributed by atoms with Crippen molar-refractivity contribution in [1.29, 1.82) is 0 Å². The number of hydrogen-bond donors (Lipinski definition) is 1. The third-order valence-electron chi connectivity index (χ3n) is 2.82. The minimum absolute atomic E-state index is 0.0972. The lowest BCUT2D eigenvalue weighted by Crippen LogP contribution is -2.36. The molecule has 1 saturated carbocycles. The molecule has 1 aliphatic carbocycles. The normalized spacial score (nSPS) is 47.1. The van der Waals surface area contributed by atoms with Crippen molar-refractivity contribution in [1.82, 2.24) is 0 Å². The van der Waals surface area contributed by atoms with E-state index in [0.717, 1.165) is 38.7 Å². The fraction of sp³-hybridized carbons (Fsp3) is 1.00. The van der Waals surface area contributed by atoms with Crippen LogP contribution >= 0.6 is 0 Å². The summed E-state index contributed by atoms with van der Waals surface area (Å²) in [5.41, 5.74) is -0.0972. The smallest absolute Gasteiger partial charge is 0.0940 e. The molecular formula is C8H14O2. The zero-order chi connectivity index (χ0) is 7.03. The van der Waals surface area contributed by atoms with Crippen LogP contribution < -0.4 is 0 Å². The van der Waals surface area contributed by atoms with Gasteiger partial charge < -0.3 is 9.84 Å².